The van der Waals surface area contributed by atoms with Gasteiger partial charge < -0.3 is 10.1 Å². The van der Waals surface area contributed by atoms with Crippen molar-refractivity contribution in [2.75, 3.05) is 6.61 Å². The molecular weight excluding hydrogens is 350 g/mol. The van der Waals surface area contributed by atoms with Gasteiger partial charge in [0.15, 0.2) is 12.4 Å². The molecule has 0 aliphatic rings. The monoisotopic (exact) mass is 371 g/mol. The summed E-state index contributed by atoms with van der Waals surface area (Å²) in [4.78, 5) is 36.4. The summed E-state index contributed by atoms with van der Waals surface area (Å²) in [5.41, 5.74) is 2.02. The molecule has 2 aromatic rings. The Kier molecular flexibility index (Phi) is 7.29. The molecule has 1 heterocycles. The van der Waals surface area contributed by atoms with Gasteiger partial charge in [-0.1, -0.05) is 30.3 Å². The third-order valence-electron chi connectivity index (χ3n) is 3.73. The molecule has 0 saturated heterocycles. The molecule has 0 unspecified atom stereocenters. The second-order valence-electron chi connectivity index (χ2n) is 5.83. The summed E-state index contributed by atoms with van der Waals surface area (Å²) in [5, 5.41) is 4.54. The number of hydrogen-bond acceptors (Lipinski definition) is 5. The van der Waals surface area contributed by atoms with Crippen LogP contribution in [0.2, 0.25) is 0 Å². The number of ether oxygens (including phenoxy) is 1. The van der Waals surface area contributed by atoms with E-state index in [1.54, 1.807) is 6.08 Å². The van der Waals surface area contributed by atoms with Crippen LogP contribution in [-0.4, -0.2) is 30.3 Å². The molecule has 1 atom stereocenters. The molecule has 1 aromatic heterocycles. The van der Waals surface area contributed by atoms with Crippen molar-refractivity contribution in [1.82, 2.24) is 5.32 Å². The number of amides is 1. The third kappa shape index (κ3) is 6.29. The van der Waals surface area contributed by atoms with Crippen LogP contribution in [0, 0.1) is 6.92 Å². The zero-order valence-electron chi connectivity index (χ0n) is 14.7. The number of carbonyl (C=O) groups excluding carboxylic acids is 3. The van der Waals surface area contributed by atoms with Gasteiger partial charge in [0.2, 0.25) is 0 Å². The lowest BCUT2D eigenvalue weighted by molar-refractivity contribution is -0.144. The number of hydrogen-bond donors (Lipinski definition) is 1. The lowest BCUT2D eigenvalue weighted by Crippen LogP contribution is -2.43. The van der Waals surface area contributed by atoms with Crippen LogP contribution in [0.3, 0.4) is 0 Å². The predicted molar refractivity (Wildman–Crippen MR) is 102 cm³/mol. The van der Waals surface area contributed by atoms with E-state index < -0.39 is 24.5 Å². The maximum Gasteiger partial charge on any atom is 0.331 e. The fourth-order valence-electron chi connectivity index (χ4n) is 2.27. The molecule has 0 spiro atoms. The molecule has 1 aromatic carbocycles. The second-order valence-corrected chi connectivity index (χ2v) is 6.78. The van der Waals surface area contributed by atoms with Crippen molar-refractivity contribution < 1.29 is 19.1 Å². The van der Waals surface area contributed by atoms with Crippen LogP contribution < -0.4 is 5.32 Å². The highest BCUT2D eigenvalue weighted by Crippen LogP contribution is 2.16. The topological polar surface area (TPSA) is 72.5 Å². The fraction of sp³-hybridized carbons (Fsp3) is 0.250. The average molecular weight is 371 g/mol. The Morgan fingerprint density at radius 3 is 2.54 bits per heavy atom. The first-order valence-corrected chi connectivity index (χ1v) is 9.06. The van der Waals surface area contributed by atoms with Crippen molar-refractivity contribution in [1.29, 1.82) is 0 Å². The van der Waals surface area contributed by atoms with Crippen molar-refractivity contribution in [2.24, 2.45) is 0 Å². The van der Waals surface area contributed by atoms with Gasteiger partial charge in [-0.25, -0.2) is 4.79 Å². The summed E-state index contributed by atoms with van der Waals surface area (Å²) in [5.74, 6) is -1.26. The zero-order valence-corrected chi connectivity index (χ0v) is 15.5. The smallest absolute Gasteiger partial charge is 0.331 e. The first-order chi connectivity index (χ1) is 12.5. The lowest BCUT2D eigenvalue weighted by Gasteiger charge is -2.16. The molecule has 5 nitrogen and oxygen atoms in total. The summed E-state index contributed by atoms with van der Waals surface area (Å²) in [6, 6.07) is 10.7. The molecule has 0 saturated carbocycles. The number of Topliss-reactive ketones (excluding diaryl/α,β-unsaturated/α-hetero) is 1. The van der Waals surface area contributed by atoms with Gasteiger partial charge in [-0.3, -0.25) is 9.59 Å². The summed E-state index contributed by atoms with van der Waals surface area (Å²) >= 11 is 1.52. The van der Waals surface area contributed by atoms with Gasteiger partial charge in [0, 0.05) is 11.0 Å². The van der Waals surface area contributed by atoms with Crippen LogP contribution in [-0.2, 0) is 25.5 Å². The number of thiophene rings is 1. The van der Waals surface area contributed by atoms with Gasteiger partial charge in [-0.15, -0.1) is 11.3 Å². The largest absolute Gasteiger partial charge is 0.452 e. The van der Waals surface area contributed by atoms with Gasteiger partial charge in [-0.2, -0.15) is 0 Å². The Bertz CT molecular complexity index is 795. The average Bonchev–Trinajstić information content (AvgIpc) is 3.03. The Hall–Kier alpha value is -2.73. The van der Waals surface area contributed by atoms with E-state index in [1.807, 2.05) is 48.7 Å². The molecule has 2 rings (SSSR count). The normalized spacial score (nSPS) is 11.9. The predicted octanol–water partition coefficient (Wildman–Crippen LogP) is 2.93. The van der Waals surface area contributed by atoms with Gasteiger partial charge in [0.05, 0.1) is 6.04 Å². The second kappa shape index (κ2) is 9.68. The highest BCUT2D eigenvalue weighted by Gasteiger charge is 2.18. The van der Waals surface area contributed by atoms with Crippen LogP contribution in [0.25, 0.3) is 6.08 Å². The Morgan fingerprint density at radius 2 is 1.92 bits per heavy atom. The Labute approximate surface area is 156 Å². The first kappa shape index (κ1) is 19.6. The minimum atomic E-state index is -0.645. The van der Waals surface area contributed by atoms with E-state index in [9.17, 15) is 14.4 Å². The quantitative estimate of drug-likeness (QED) is 0.572. The van der Waals surface area contributed by atoms with E-state index in [2.05, 4.69) is 5.32 Å². The Morgan fingerprint density at radius 1 is 1.19 bits per heavy atom. The molecule has 6 heteroatoms. The van der Waals surface area contributed by atoms with Gasteiger partial charge >= 0.3 is 5.97 Å². The molecule has 0 aliphatic carbocycles. The number of esters is 1. The van der Waals surface area contributed by atoms with E-state index in [0.29, 0.717) is 6.42 Å². The fourth-order valence-corrected chi connectivity index (χ4v) is 3.09. The van der Waals surface area contributed by atoms with Crippen LogP contribution in [0.5, 0.6) is 0 Å². The van der Waals surface area contributed by atoms with Gasteiger partial charge in [0.25, 0.3) is 5.91 Å². The van der Waals surface area contributed by atoms with Crippen LogP contribution >= 0.6 is 11.3 Å². The number of benzene rings is 1. The van der Waals surface area contributed by atoms with Crippen molar-refractivity contribution in [3.05, 3.63) is 63.9 Å². The lowest BCUT2D eigenvalue weighted by atomic mass is 10.0. The van der Waals surface area contributed by atoms with Crippen molar-refractivity contribution in [2.45, 2.75) is 26.3 Å². The highest BCUT2D eigenvalue weighted by molar-refractivity contribution is 7.11. The van der Waals surface area contributed by atoms with E-state index in [1.165, 1.54) is 24.3 Å². The van der Waals surface area contributed by atoms with Crippen molar-refractivity contribution >= 4 is 35.1 Å². The standard InChI is InChI=1S/C20H21NO4S/c1-14-10-11-26-18(14)8-9-20(24)25-13-19(23)21-17(15(2)22)12-16-6-4-3-5-7-16/h3-11,17H,12-13H2,1-2H3,(H,21,23)/b9-8+/t17-/m1/s1. The van der Waals surface area contributed by atoms with Crippen molar-refractivity contribution in [3.63, 3.8) is 0 Å². The summed E-state index contributed by atoms with van der Waals surface area (Å²) < 4.78 is 4.93. The highest BCUT2D eigenvalue weighted by atomic mass is 32.1. The molecule has 0 aliphatic heterocycles. The molecule has 0 fully saturated rings. The zero-order chi connectivity index (χ0) is 18.9. The number of ketones is 1. The third-order valence-corrected chi connectivity index (χ3v) is 4.71. The van der Waals surface area contributed by atoms with Crippen LogP contribution in [0.15, 0.2) is 47.9 Å². The summed E-state index contributed by atoms with van der Waals surface area (Å²) in [6.45, 7) is 2.95. The molecule has 26 heavy (non-hydrogen) atoms. The number of carbonyl (C=O) groups is 3. The van der Waals surface area contributed by atoms with Gasteiger partial charge in [0.1, 0.15) is 0 Å². The number of rotatable bonds is 8. The first-order valence-electron chi connectivity index (χ1n) is 8.18. The van der Waals surface area contributed by atoms with Crippen LogP contribution in [0.4, 0.5) is 0 Å². The van der Waals surface area contributed by atoms with Crippen LogP contribution in [0.1, 0.15) is 22.9 Å². The van der Waals surface area contributed by atoms with E-state index in [4.69, 9.17) is 4.74 Å². The molecule has 136 valence electrons. The molecule has 0 bridgehead atoms. The van der Waals surface area contributed by atoms with E-state index in [-0.39, 0.29) is 5.78 Å². The van der Waals surface area contributed by atoms with Crippen molar-refractivity contribution in [3.8, 4) is 0 Å². The maximum atomic E-state index is 12.0. The molecule has 1 N–H and O–H groups in total. The summed E-state index contributed by atoms with van der Waals surface area (Å²) in [6.07, 6.45) is 3.35. The molecule has 0 radical (unpaired) electrons. The minimum absolute atomic E-state index is 0.151. The summed E-state index contributed by atoms with van der Waals surface area (Å²) in [7, 11) is 0. The molecular formula is C20H21NO4S. The van der Waals surface area contributed by atoms with E-state index >= 15 is 0 Å². The van der Waals surface area contributed by atoms with E-state index in [0.717, 1.165) is 16.0 Å². The maximum absolute atomic E-state index is 12.0. The number of aryl methyl sites for hydroxylation is 1. The SMILES string of the molecule is CC(=O)[C@@H](Cc1ccccc1)NC(=O)COC(=O)/C=C/c1sccc1C. The van der Waals surface area contributed by atoms with Gasteiger partial charge in [-0.05, 0) is 48.9 Å². The Balaban J connectivity index is 1.82. The minimum Gasteiger partial charge on any atom is -0.452 e. The molecule has 1 amide bonds. The number of nitrogens with one attached hydrogen (secondary N) is 1.